The molecule has 3 aromatic rings. The van der Waals surface area contributed by atoms with Crippen molar-refractivity contribution in [2.24, 2.45) is 0 Å². The third-order valence-corrected chi connectivity index (χ3v) is 4.19. The number of esters is 1. The molecule has 0 radical (unpaired) electrons. The highest BCUT2D eigenvalue weighted by molar-refractivity contribution is 5.88. The maximum Gasteiger partial charge on any atom is 0.336 e. The number of ether oxygens (including phenoxy) is 1. The van der Waals surface area contributed by atoms with E-state index in [1.54, 1.807) is 18.2 Å². The van der Waals surface area contributed by atoms with Crippen molar-refractivity contribution in [2.75, 3.05) is 0 Å². The van der Waals surface area contributed by atoms with Gasteiger partial charge in [-0.3, -0.25) is 0 Å². The van der Waals surface area contributed by atoms with Gasteiger partial charge in [-0.2, -0.15) is 0 Å². The van der Waals surface area contributed by atoms with Gasteiger partial charge in [0.25, 0.3) is 0 Å². The minimum Gasteiger partial charge on any atom is -0.458 e. The first kappa shape index (κ1) is 17.6. The number of hydrogen-bond acceptors (Lipinski definition) is 4. The molecule has 0 aliphatic rings. The van der Waals surface area contributed by atoms with Crippen molar-refractivity contribution in [1.29, 1.82) is 0 Å². The second-order valence-corrected chi connectivity index (χ2v) is 5.94. The fraction of sp³-hybridized carbons (Fsp3) is 0.143. The Labute approximate surface area is 149 Å². The van der Waals surface area contributed by atoms with Crippen LogP contribution in [0.25, 0.3) is 17.0 Å². The van der Waals surface area contributed by atoms with Gasteiger partial charge in [0.2, 0.25) is 0 Å². The molecule has 0 saturated heterocycles. The molecule has 5 heteroatoms. The van der Waals surface area contributed by atoms with Crippen LogP contribution in [-0.4, -0.2) is 5.97 Å². The van der Waals surface area contributed by atoms with Crippen molar-refractivity contribution in [2.45, 2.75) is 20.5 Å². The van der Waals surface area contributed by atoms with E-state index < -0.39 is 17.4 Å². The van der Waals surface area contributed by atoms with Gasteiger partial charge in [-0.15, -0.1) is 0 Å². The van der Waals surface area contributed by atoms with E-state index in [-0.39, 0.29) is 6.61 Å². The van der Waals surface area contributed by atoms with Crippen LogP contribution in [-0.2, 0) is 16.1 Å². The number of halogens is 1. The summed E-state index contributed by atoms with van der Waals surface area (Å²) in [5.41, 5.74) is 2.72. The summed E-state index contributed by atoms with van der Waals surface area (Å²) in [4.78, 5) is 23.7. The maximum atomic E-state index is 13.5. The zero-order valence-corrected chi connectivity index (χ0v) is 14.4. The van der Waals surface area contributed by atoms with Gasteiger partial charge in [0, 0.05) is 28.7 Å². The summed E-state index contributed by atoms with van der Waals surface area (Å²) in [6.07, 6.45) is 2.50. The number of hydrogen-bond donors (Lipinski definition) is 0. The average molecular weight is 352 g/mol. The zero-order chi connectivity index (χ0) is 18.7. The Kier molecular flexibility index (Phi) is 4.98. The standard InChI is InChI=1S/C21H17FO4/c1-13-7-9-17-16(11-20(24)26-21(17)14(13)2)12-25-19(23)10-8-15-5-3-4-6-18(15)22/h3-11H,12H2,1-2H3/b10-8+. The molecule has 0 bridgehead atoms. The fourth-order valence-electron chi connectivity index (χ4n) is 2.61. The van der Waals surface area contributed by atoms with Gasteiger partial charge in [0.05, 0.1) is 0 Å². The first-order chi connectivity index (χ1) is 12.5. The fourth-order valence-corrected chi connectivity index (χ4v) is 2.61. The normalized spacial score (nSPS) is 11.2. The van der Waals surface area contributed by atoms with E-state index in [9.17, 15) is 14.0 Å². The van der Waals surface area contributed by atoms with E-state index in [2.05, 4.69) is 0 Å². The van der Waals surface area contributed by atoms with E-state index in [4.69, 9.17) is 9.15 Å². The molecule has 0 spiro atoms. The highest BCUT2D eigenvalue weighted by Gasteiger charge is 2.11. The molecule has 0 aliphatic carbocycles. The molecule has 1 aromatic heterocycles. The average Bonchev–Trinajstić information content (AvgIpc) is 2.62. The molecule has 3 rings (SSSR count). The number of carbonyl (C=O) groups excluding carboxylic acids is 1. The van der Waals surface area contributed by atoms with Crippen LogP contribution in [0.4, 0.5) is 4.39 Å². The lowest BCUT2D eigenvalue weighted by Crippen LogP contribution is -2.06. The van der Waals surface area contributed by atoms with E-state index in [0.29, 0.717) is 16.7 Å². The molecular formula is C21H17FO4. The Bertz CT molecular complexity index is 1060. The van der Waals surface area contributed by atoms with Crippen molar-refractivity contribution in [3.63, 3.8) is 0 Å². The highest BCUT2D eigenvalue weighted by Crippen LogP contribution is 2.23. The predicted molar refractivity (Wildman–Crippen MR) is 97.2 cm³/mol. The predicted octanol–water partition coefficient (Wildman–Crippen LogP) is 4.31. The molecule has 0 N–H and O–H groups in total. The van der Waals surface area contributed by atoms with Crippen LogP contribution in [0, 0.1) is 19.7 Å². The van der Waals surface area contributed by atoms with Gasteiger partial charge in [0.15, 0.2) is 0 Å². The van der Waals surface area contributed by atoms with E-state index in [0.717, 1.165) is 22.6 Å². The van der Waals surface area contributed by atoms with Gasteiger partial charge in [-0.05, 0) is 37.1 Å². The van der Waals surface area contributed by atoms with Gasteiger partial charge in [0.1, 0.15) is 18.0 Å². The lowest BCUT2D eigenvalue weighted by atomic mass is 10.0. The largest absolute Gasteiger partial charge is 0.458 e. The minimum absolute atomic E-state index is 0.0783. The molecular weight excluding hydrogens is 335 g/mol. The van der Waals surface area contributed by atoms with E-state index >= 15 is 0 Å². The van der Waals surface area contributed by atoms with E-state index in [1.165, 1.54) is 18.2 Å². The molecule has 132 valence electrons. The summed E-state index contributed by atoms with van der Waals surface area (Å²) < 4.78 is 24.0. The van der Waals surface area contributed by atoms with Crippen LogP contribution >= 0.6 is 0 Å². The smallest absolute Gasteiger partial charge is 0.336 e. The van der Waals surface area contributed by atoms with Crippen molar-refractivity contribution in [1.82, 2.24) is 0 Å². The zero-order valence-electron chi connectivity index (χ0n) is 14.4. The number of rotatable bonds is 4. The summed E-state index contributed by atoms with van der Waals surface area (Å²) in [5.74, 6) is -1.05. The number of fused-ring (bicyclic) bond motifs is 1. The molecule has 4 nitrogen and oxygen atoms in total. The minimum atomic E-state index is -0.626. The molecule has 0 saturated carbocycles. The third-order valence-electron chi connectivity index (χ3n) is 4.19. The van der Waals surface area contributed by atoms with Crippen molar-refractivity contribution >= 4 is 23.0 Å². The first-order valence-corrected chi connectivity index (χ1v) is 8.08. The first-order valence-electron chi connectivity index (χ1n) is 8.08. The molecule has 2 aromatic carbocycles. The Morgan fingerprint density at radius 2 is 1.96 bits per heavy atom. The number of benzene rings is 2. The second-order valence-electron chi connectivity index (χ2n) is 5.94. The molecule has 0 amide bonds. The van der Waals surface area contributed by atoms with Crippen LogP contribution in [0.15, 0.2) is 57.8 Å². The number of aryl methyl sites for hydroxylation is 2. The highest BCUT2D eigenvalue weighted by atomic mass is 19.1. The summed E-state index contributed by atoms with van der Waals surface area (Å²) in [6.45, 7) is 3.72. The lowest BCUT2D eigenvalue weighted by molar-refractivity contribution is -0.138. The molecule has 0 unspecified atom stereocenters. The van der Waals surface area contributed by atoms with Crippen LogP contribution in [0.5, 0.6) is 0 Å². The van der Waals surface area contributed by atoms with E-state index in [1.807, 2.05) is 26.0 Å². The lowest BCUT2D eigenvalue weighted by Gasteiger charge is -2.09. The van der Waals surface area contributed by atoms with Crippen molar-refractivity contribution in [3.05, 3.63) is 87.0 Å². The summed E-state index contributed by atoms with van der Waals surface area (Å²) in [5, 5.41) is 0.721. The molecule has 0 aliphatic heterocycles. The third kappa shape index (κ3) is 3.72. The van der Waals surface area contributed by atoms with Crippen molar-refractivity contribution in [3.8, 4) is 0 Å². The SMILES string of the molecule is Cc1ccc2c(COC(=O)/C=C/c3ccccc3F)cc(=O)oc2c1C. The Morgan fingerprint density at radius 3 is 2.73 bits per heavy atom. The topological polar surface area (TPSA) is 56.5 Å². The van der Waals surface area contributed by atoms with Crippen LogP contribution in [0.3, 0.4) is 0 Å². The van der Waals surface area contributed by atoms with Crippen molar-refractivity contribution < 1.29 is 18.3 Å². The number of carbonyl (C=O) groups is 1. The van der Waals surface area contributed by atoms with Gasteiger partial charge < -0.3 is 9.15 Å². The quantitative estimate of drug-likeness (QED) is 0.399. The van der Waals surface area contributed by atoms with Gasteiger partial charge in [-0.25, -0.2) is 14.0 Å². The van der Waals surface area contributed by atoms with Crippen LogP contribution < -0.4 is 5.63 Å². The van der Waals surface area contributed by atoms with Crippen LogP contribution in [0.1, 0.15) is 22.3 Å². The monoisotopic (exact) mass is 352 g/mol. The molecule has 0 atom stereocenters. The molecule has 1 heterocycles. The summed E-state index contributed by atoms with van der Waals surface area (Å²) in [6, 6.07) is 11.2. The molecule has 26 heavy (non-hydrogen) atoms. The Hall–Kier alpha value is -3.21. The van der Waals surface area contributed by atoms with Gasteiger partial charge in [-0.1, -0.05) is 30.3 Å². The van der Waals surface area contributed by atoms with Gasteiger partial charge >= 0.3 is 11.6 Å². The Morgan fingerprint density at radius 1 is 1.19 bits per heavy atom. The molecule has 0 fully saturated rings. The van der Waals surface area contributed by atoms with Crippen LogP contribution in [0.2, 0.25) is 0 Å². The Balaban J connectivity index is 1.80. The second kappa shape index (κ2) is 7.35. The summed E-state index contributed by atoms with van der Waals surface area (Å²) >= 11 is 0. The summed E-state index contributed by atoms with van der Waals surface area (Å²) in [7, 11) is 0. The maximum absolute atomic E-state index is 13.5.